The minimum Gasteiger partial charge on any atom is -0.493 e. The van der Waals surface area contributed by atoms with Gasteiger partial charge in [0.15, 0.2) is 11.5 Å². The number of nitrogens with zero attached hydrogens (tertiary/aromatic N) is 3. The summed E-state index contributed by atoms with van der Waals surface area (Å²) < 4.78 is 16.0. The zero-order chi connectivity index (χ0) is 19.2. The molecule has 0 atom stereocenters. The highest BCUT2D eigenvalue weighted by atomic mass is 16.5. The minimum absolute atomic E-state index is 0.194. The van der Waals surface area contributed by atoms with Crippen molar-refractivity contribution in [3.05, 3.63) is 47.1 Å². The molecule has 1 aromatic carbocycles. The number of aromatic nitrogens is 4. The van der Waals surface area contributed by atoms with E-state index in [4.69, 9.17) is 14.2 Å². The van der Waals surface area contributed by atoms with Gasteiger partial charge in [0.2, 0.25) is 23.2 Å². The van der Waals surface area contributed by atoms with Crippen LogP contribution in [0.3, 0.4) is 0 Å². The number of ether oxygens (including phenoxy) is 3. The molecule has 0 bridgehead atoms. The second-order valence-corrected chi connectivity index (χ2v) is 5.24. The molecular weight excluding hydrogens is 352 g/mol. The summed E-state index contributed by atoms with van der Waals surface area (Å²) in [5.41, 5.74) is 1.09. The first kappa shape index (κ1) is 18.0. The van der Waals surface area contributed by atoms with Crippen molar-refractivity contribution < 1.29 is 14.2 Å². The largest absolute Gasteiger partial charge is 0.493 e. The van der Waals surface area contributed by atoms with Gasteiger partial charge in [0.05, 0.1) is 27.0 Å². The Morgan fingerprint density at radius 3 is 2.04 bits per heavy atom. The molecule has 3 N–H and O–H groups in total. The minimum atomic E-state index is -0.194. The van der Waals surface area contributed by atoms with E-state index >= 15 is 0 Å². The Morgan fingerprint density at radius 2 is 1.52 bits per heavy atom. The highest BCUT2D eigenvalue weighted by Gasteiger charge is 2.14. The summed E-state index contributed by atoms with van der Waals surface area (Å²) in [7, 11) is 4.61. The summed E-state index contributed by atoms with van der Waals surface area (Å²) in [5, 5.41) is 6.04. The molecule has 0 radical (unpaired) electrons. The molecule has 0 amide bonds. The van der Waals surface area contributed by atoms with Crippen LogP contribution in [-0.2, 0) is 0 Å². The number of H-pyrrole nitrogens is 1. The number of rotatable bonds is 7. The number of pyridine rings is 1. The van der Waals surface area contributed by atoms with Crippen LogP contribution >= 0.6 is 0 Å². The molecule has 0 aliphatic heterocycles. The third kappa shape index (κ3) is 4.24. The van der Waals surface area contributed by atoms with Crippen LogP contribution in [0.2, 0.25) is 0 Å². The van der Waals surface area contributed by atoms with E-state index in [1.54, 1.807) is 18.2 Å². The number of hydrogen-bond acceptors (Lipinski definition) is 9. The van der Waals surface area contributed by atoms with Gasteiger partial charge < -0.3 is 29.8 Å². The molecule has 140 valence electrons. The topological polar surface area (TPSA) is 123 Å². The van der Waals surface area contributed by atoms with Crippen LogP contribution in [0.15, 0.2) is 41.6 Å². The number of nitrogens with one attached hydrogen (secondary N) is 3. The number of methoxy groups -OCH3 is 3. The zero-order valence-corrected chi connectivity index (χ0v) is 14.9. The van der Waals surface area contributed by atoms with Crippen molar-refractivity contribution in [1.82, 2.24) is 19.9 Å². The Hall–Kier alpha value is -3.82. The lowest BCUT2D eigenvalue weighted by Gasteiger charge is -2.14. The maximum Gasteiger partial charge on any atom is 0.248 e. The molecule has 0 fully saturated rings. The summed E-state index contributed by atoms with van der Waals surface area (Å²) >= 11 is 0. The van der Waals surface area contributed by atoms with E-state index in [1.807, 2.05) is 0 Å². The van der Waals surface area contributed by atoms with Crippen LogP contribution in [0.1, 0.15) is 0 Å². The molecule has 0 aliphatic carbocycles. The quantitative estimate of drug-likeness (QED) is 0.573. The average Bonchev–Trinajstić information content (AvgIpc) is 2.69. The molecular formula is C17H18N6O4. The summed E-state index contributed by atoms with van der Waals surface area (Å²) in [6.07, 6.45) is 2.89. The van der Waals surface area contributed by atoms with E-state index in [1.165, 1.54) is 39.9 Å². The number of anilines is 4. The second kappa shape index (κ2) is 8.04. The molecule has 0 saturated heterocycles. The van der Waals surface area contributed by atoms with E-state index < -0.39 is 0 Å². The molecule has 0 saturated carbocycles. The van der Waals surface area contributed by atoms with Crippen LogP contribution in [0.4, 0.5) is 23.3 Å². The lowest BCUT2D eigenvalue weighted by atomic mass is 10.2. The van der Waals surface area contributed by atoms with E-state index in [2.05, 4.69) is 30.6 Å². The Bertz CT molecular complexity index is 946. The van der Waals surface area contributed by atoms with E-state index in [9.17, 15) is 4.79 Å². The van der Waals surface area contributed by atoms with Crippen LogP contribution < -0.4 is 30.4 Å². The first-order valence-corrected chi connectivity index (χ1v) is 7.84. The molecule has 10 nitrogen and oxygen atoms in total. The summed E-state index contributed by atoms with van der Waals surface area (Å²) in [6, 6.07) is 6.49. The SMILES string of the molecule is COc1cc(Nc2ncnc(Nc3ccc(=O)[nH]c3)n2)cc(OC)c1OC. The van der Waals surface area contributed by atoms with Gasteiger partial charge in [-0.25, -0.2) is 9.97 Å². The monoisotopic (exact) mass is 370 g/mol. The van der Waals surface area contributed by atoms with E-state index in [0.29, 0.717) is 40.5 Å². The fourth-order valence-corrected chi connectivity index (χ4v) is 2.32. The Labute approximate surface area is 154 Å². The van der Waals surface area contributed by atoms with Gasteiger partial charge in [-0.05, 0) is 6.07 Å². The van der Waals surface area contributed by atoms with Gasteiger partial charge >= 0.3 is 0 Å². The zero-order valence-electron chi connectivity index (χ0n) is 14.9. The van der Waals surface area contributed by atoms with Crippen molar-refractivity contribution in [2.24, 2.45) is 0 Å². The van der Waals surface area contributed by atoms with Gasteiger partial charge in [0.25, 0.3) is 0 Å². The maximum absolute atomic E-state index is 11.1. The van der Waals surface area contributed by atoms with Crippen molar-refractivity contribution in [3.63, 3.8) is 0 Å². The van der Waals surface area contributed by atoms with Crippen LogP contribution in [0.25, 0.3) is 0 Å². The maximum atomic E-state index is 11.1. The van der Waals surface area contributed by atoms with Crippen molar-refractivity contribution >= 4 is 23.3 Å². The number of aromatic amines is 1. The van der Waals surface area contributed by atoms with Gasteiger partial charge in [-0.2, -0.15) is 4.98 Å². The Kier molecular flexibility index (Phi) is 5.36. The van der Waals surface area contributed by atoms with Crippen molar-refractivity contribution in [2.75, 3.05) is 32.0 Å². The summed E-state index contributed by atoms with van der Waals surface area (Å²) in [4.78, 5) is 26.1. The highest BCUT2D eigenvalue weighted by Crippen LogP contribution is 2.40. The van der Waals surface area contributed by atoms with Gasteiger partial charge in [0.1, 0.15) is 6.33 Å². The molecule has 0 spiro atoms. The van der Waals surface area contributed by atoms with E-state index in [-0.39, 0.29) is 5.56 Å². The summed E-state index contributed by atoms with van der Waals surface area (Å²) in [5.74, 6) is 2.11. The van der Waals surface area contributed by atoms with Gasteiger partial charge in [-0.15, -0.1) is 0 Å². The van der Waals surface area contributed by atoms with Crippen LogP contribution in [0.5, 0.6) is 17.2 Å². The standard InChI is InChI=1S/C17H18N6O4/c1-25-12-6-11(7-13(26-2)15(12)27-3)22-17-20-9-19-16(23-17)21-10-4-5-14(24)18-8-10/h4-9H,1-3H3,(H,18,24)(H2,19,20,21,22,23). The highest BCUT2D eigenvalue weighted by molar-refractivity contribution is 5.66. The predicted molar refractivity (Wildman–Crippen MR) is 99.6 cm³/mol. The van der Waals surface area contributed by atoms with Gasteiger partial charge in [-0.1, -0.05) is 0 Å². The normalized spacial score (nSPS) is 10.2. The Morgan fingerprint density at radius 1 is 0.889 bits per heavy atom. The third-order valence-electron chi connectivity index (χ3n) is 3.53. The first-order chi connectivity index (χ1) is 13.1. The molecule has 27 heavy (non-hydrogen) atoms. The molecule has 3 aromatic rings. The fraction of sp³-hybridized carbons (Fsp3) is 0.176. The van der Waals surface area contributed by atoms with Crippen molar-refractivity contribution in [1.29, 1.82) is 0 Å². The average molecular weight is 370 g/mol. The number of benzene rings is 1. The van der Waals surface area contributed by atoms with Crippen LogP contribution in [0, 0.1) is 0 Å². The van der Waals surface area contributed by atoms with Crippen molar-refractivity contribution in [3.8, 4) is 17.2 Å². The second-order valence-electron chi connectivity index (χ2n) is 5.24. The number of hydrogen-bond donors (Lipinski definition) is 3. The lowest BCUT2D eigenvalue weighted by molar-refractivity contribution is 0.324. The molecule has 10 heteroatoms. The van der Waals surface area contributed by atoms with E-state index in [0.717, 1.165) is 0 Å². The first-order valence-electron chi connectivity index (χ1n) is 7.84. The molecule has 2 aromatic heterocycles. The van der Waals surface area contributed by atoms with Crippen molar-refractivity contribution in [2.45, 2.75) is 0 Å². The lowest BCUT2D eigenvalue weighted by Crippen LogP contribution is -2.06. The Balaban J connectivity index is 1.83. The van der Waals surface area contributed by atoms with Crippen LogP contribution in [-0.4, -0.2) is 41.3 Å². The molecule has 0 aliphatic rings. The molecule has 3 rings (SSSR count). The fourth-order valence-electron chi connectivity index (χ4n) is 2.32. The van der Waals surface area contributed by atoms with Gasteiger partial charge in [-0.3, -0.25) is 4.79 Å². The summed E-state index contributed by atoms with van der Waals surface area (Å²) in [6.45, 7) is 0. The molecule has 0 unspecified atom stereocenters. The molecule has 2 heterocycles. The third-order valence-corrected chi connectivity index (χ3v) is 3.53. The van der Waals surface area contributed by atoms with Gasteiger partial charge in [0, 0.05) is 30.1 Å². The predicted octanol–water partition coefficient (Wildman–Crippen LogP) is 2.07. The smallest absolute Gasteiger partial charge is 0.248 e.